The molecule has 0 atom stereocenters. The molecule has 0 aliphatic rings. The highest BCUT2D eigenvalue weighted by molar-refractivity contribution is 6.43. The zero-order valence-corrected chi connectivity index (χ0v) is 54.1. The van der Waals surface area contributed by atoms with Crippen molar-refractivity contribution in [2.75, 3.05) is 0 Å². The van der Waals surface area contributed by atoms with Crippen LogP contribution in [-0.4, -0.2) is 11.4 Å². The molecule has 0 aromatic heterocycles. The van der Waals surface area contributed by atoms with Gasteiger partial charge in [-0.15, -0.1) is 0 Å². The molecule has 2 rings (SSSR count). The second-order valence-corrected chi connectivity index (χ2v) is 24.8. The first-order chi connectivity index (χ1) is 39.7. The van der Waals surface area contributed by atoms with E-state index in [4.69, 9.17) is 9.98 Å². The Hall–Kier alpha value is -3.10. The molecule has 80 heavy (non-hydrogen) atoms. The minimum Gasteiger partial charge on any atom is -0.252 e. The van der Waals surface area contributed by atoms with Gasteiger partial charge in [-0.3, -0.25) is 9.98 Å². The van der Waals surface area contributed by atoms with Crippen LogP contribution in [0, 0.1) is 23.7 Å². The van der Waals surface area contributed by atoms with E-state index in [-0.39, 0.29) is 0 Å². The molecule has 0 amide bonds. The third-order valence-electron chi connectivity index (χ3n) is 16.9. The van der Waals surface area contributed by atoms with E-state index in [0.717, 1.165) is 78.9 Å². The van der Waals surface area contributed by atoms with Crippen LogP contribution in [0.15, 0.2) is 58.5 Å². The molecule has 0 saturated carbocycles. The molecule has 2 aromatic carbocycles. The average Bonchev–Trinajstić information content (AvgIpc) is 3.47. The molecule has 0 aliphatic heterocycles. The molecule has 0 heterocycles. The van der Waals surface area contributed by atoms with Crippen molar-refractivity contribution in [3.05, 3.63) is 59.7 Å². The molecule has 0 fully saturated rings. The predicted octanol–water partition coefficient (Wildman–Crippen LogP) is 27.2. The first kappa shape index (κ1) is 73.0. The highest BCUT2D eigenvalue weighted by Gasteiger charge is 2.12. The molecule has 0 radical (unpaired) electrons. The average molecular weight is 1100 g/mol. The maximum atomic E-state index is 5.40. The second kappa shape index (κ2) is 59.1. The molecule has 0 aliphatic carbocycles. The maximum absolute atomic E-state index is 5.40. The number of unbranched alkanes of at least 4 members (excludes halogenated alkanes) is 50. The first-order valence-electron chi connectivity index (χ1n) is 36.0. The summed E-state index contributed by atoms with van der Waals surface area (Å²) < 4.78 is 0. The molecule has 454 valence electrons. The van der Waals surface area contributed by atoms with Crippen molar-refractivity contribution in [1.29, 1.82) is 0 Å². The Kier molecular flexibility index (Phi) is 53.9. The van der Waals surface area contributed by atoms with Crippen molar-refractivity contribution in [1.82, 2.24) is 0 Å². The summed E-state index contributed by atoms with van der Waals surface area (Å²) in [5, 5.41) is 0. The van der Waals surface area contributed by atoms with Crippen LogP contribution < -0.4 is 0 Å². The SMILES string of the molecule is CCCCCCCCCCCCCCCCCCCCCCCCC#Cc1cccc(N=C(CCCC)C(CCCCCCCC)=Nc2cccc(C#CCCCCCCCCCCCCCCCCCCCCCCCC)c2)c1. The van der Waals surface area contributed by atoms with E-state index in [9.17, 15) is 0 Å². The summed E-state index contributed by atoms with van der Waals surface area (Å²) in [6.45, 7) is 9.20. The van der Waals surface area contributed by atoms with E-state index >= 15 is 0 Å². The van der Waals surface area contributed by atoms with Crippen molar-refractivity contribution in [3.8, 4) is 23.7 Å². The summed E-state index contributed by atoms with van der Waals surface area (Å²) >= 11 is 0. The van der Waals surface area contributed by atoms with Crippen LogP contribution in [0.5, 0.6) is 0 Å². The number of rotatable bonds is 57. The van der Waals surface area contributed by atoms with Crippen LogP contribution in [0.2, 0.25) is 0 Å². The molecule has 2 nitrogen and oxygen atoms in total. The summed E-state index contributed by atoms with van der Waals surface area (Å²) in [4.78, 5) is 10.8. The summed E-state index contributed by atoms with van der Waals surface area (Å²) in [6, 6.07) is 17.3. The van der Waals surface area contributed by atoms with Gasteiger partial charge in [0, 0.05) is 24.0 Å². The van der Waals surface area contributed by atoms with Crippen LogP contribution in [0.4, 0.5) is 11.4 Å². The van der Waals surface area contributed by atoms with Gasteiger partial charge >= 0.3 is 0 Å². The summed E-state index contributed by atoms with van der Waals surface area (Å²) in [6.07, 6.45) is 76.3. The lowest BCUT2D eigenvalue weighted by Gasteiger charge is -2.12. The molecule has 0 unspecified atom stereocenters. The Morgan fingerprint density at radius 2 is 0.487 bits per heavy atom. The number of nitrogens with zero attached hydrogens (tertiary/aromatic N) is 2. The van der Waals surface area contributed by atoms with Crippen molar-refractivity contribution in [2.24, 2.45) is 9.98 Å². The van der Waals surface area contributed by atoms with Crippen LogP contribution >= 0.6 is 0 Å². The Morgan fingerprint density at radius 1 is 0.263 bits per heavy atom. The van der Waals surface area contributed by atoms with E-state index in [0.29, 0.717) is 0 Å². The fourth-order valence-corrected chi connectivity index (χ4v) is 11.5. The smallest absolute Gasteiger partial charge is 0.0646 e. The van der Waals surface area contributed by atoms with Gasteiger partial charge in [-0.05, 0) is 74.9 Å². The van der Waals surface area contributed by atoms with Crippen molar-refractivity contribution in [2.45, 2.75) is 387 Å². The van der Waals surface area contributed by atoms with Crippen molar-refractivity contribution < 1.29 is 0 Å². The molecule has 0 saturated heterocycles. The Balaban J connectivity index is 1.73. The third-order valence-corrected chi connectivity index (χ3v) is 16.9. The number of benzene rings is 2. The van der Waals surface area contributed by atoms with Gasteiger partial charge in [0.2, 0.25) is 0 Å². The predicted molar refractivity (Wildman–Crippen MR) is 362 cm³/mol. The van der Waals surface area contributed by atoms with Crippen LogP contribution in [-0.2, 0) is 0 Å². The monoisotopic (exact) mass is 1100 g/mol. The first-order valence-corrected chi connectivity index (χ1v) is 36.0. The van der Waals surface area contributed by atoms with Gasteiger partial charge < -0.3 is 0 Å². The number of hydrogen-bond donors (Lipinski definition) is 0. The van der Waals surface area contributed by atoms with Gasteiger partial charge in [0.1, 0.15) is 0 Å². The third kappa shape index (κ3) is 47.4. The van der Waals surface area contributed by atoms with Crippen LogP contribution in [0.3, 0.4) is 0 Å². The molecule has 0 bridgehead atoms. The van der Waals surface area contributed by atoms with Crippen molar-refractivity contribution >= 4 is 22.8 Å². The van der Waals surface area contributed by atoms with E-state index < -0.39 is 0 Å². The second-order valence-electron chi connectivity index (χ2n) is 24.8. The Morgan fingerprint density at radius 3 is 0.750 bits per heavy atom. The zero-order valence-electron chi connectivity index (χ0n) is 54.1. The molecular formula is C78H132N2. The lowest BCUT2D eigenvalue weighted by atomic mass is 10.0. The highest BCUT2D eigenvalue weighted by atomic mass is 14.8. The topological polar surface area (TPSA) is 24.7 Å². The molecule has 2 aromatic rings. The van der Waals surface area contributed by atoms with E-state index in [1.165, 1.54) is 315 Å². The fraction of sp³-hybridized carbons (Fsp3) is 0.769. The quantitative estimate of drug-likeness (QED) is 0.0358. The Bertz CT molecular complexity index is 1830. The summed E-state index contributed by atoms with van der Waals surface area (Å²) in [5.74, 6) is 14.0. The minimum atomic E-state index is 0.944. The summed E-state index contributed by atoms with van der Waals surface area (Å²) in [7, 11) is 0. The van der Waals surface area contributed by atoms with E-state index in [1.54, 1.807) is 0 Å². The van der Waals surface area contributed by atoms with Gasteiger partial charge in [0.05, 0.1) is 22.8 Å². The van der Waals surface area contributed by atoms with Gasteiger partial charge in [0.25, 0.3) is 0 Å². The maximum Gasteiger partial charge on any atom is 0.0646 e. The molecular weight excluding hydrogens is 965 g/mol. The molecule has 0 spiro atoms. The van der Waals surface area contributed by atoms with E-state index in [1.807, 2.05) is 0 Å². The number of hydrogen-bond acceptors (Lipinski definition) is 2. The van der Waals surface area contributed by atoms with E-state index in [2.05, 4.69) is 99.9 Å². The van der Waals surface area contributed by atoms with Crippen LogP contribution in [0.25, 0.3) is 0 Å². The normalized spacial score (nSPS) is 11.8. The number of aliphatic imine (C=N–C) groups is 2. The molecule has 2 heteroatoms. The van der Waals surface area contributed by atoms with Gasteiger partial charge in [0.15, 0.2) is 0 Å². The van der Waals surface area contributed by atoms with Crippen LogP contribution in [0.1, 0.15) is 398 Å². The van der Waals surface area contributed by atoms with Gasteiger partial charge in [-0.2, -0.15) is 0 Å². The Labute approximate surface area is 500 Å². The zero-order chi connectivity index (χ0) is 57.0. The molecule has 0 N–H and O–H groups in total. The minimum absolute atomic E-state index is 0.944. The fourth-order valence-electron chi connectivity index (χ4n) is 11.5. The largest absolute Gasteiger partial charge is 0.252 e. The van der Waals surface area contributed by atoms with Gasteiger partial charge in [-0.25, -0.2) is 0 Å². The lowest BCUT2D eigenvalue weighted by molar-refractivity contribution is 0.519. The van der Waals surface area contributed by atoms with Gasteiger partial charge in [-0.1, -0.05) is 372 Å². The lowest BCUT2D eigenvalue weighted by Crippen LogP contribution is -2.14. The summed E-state index contributed by atoms with van der Waals surface area (Å²) in [5.41, 5.74) is 6.43. The standard InChI is InChI=1S/C78H132N2/c1-5-9-13-16-19-21-23-25-27-29-31-33-35-37-39-41-43-45-47-49-51-53-55-58-63-73-65-61-67-75(71-73)79-77(69-12-8-4)78(70-60-57-18-15-11-7-3)80-76-68-62-66-74(72-76)64-59-56-54-52-50-48-46-44-42-40-38-36-34-32-30-28-26-24-22-20-17-14-10-6-2/h61-62,65-68,71-72H,5-57,60,69-70H2,1-4H3. The van der Waals surface area contributed by atoms with Crippen molar-refractivity contribution in [3.63, 3.8) is 0 Å². The highest BCUT2D eigenvalue weighted by Crippen LogP contribution is 2.23.